The van der Waals surface area contributed by atoms with Crippen molar-refractivity contribution in [1.82, 2.24) is 14.7 Å². The van der Waals surface area contributed by atoms with Gasteiger partial charge in [-0.1, -0.05) is 18.2 Å². The lowest BCUT2D eigenvalue weighted by Gasteiger charge is -2.36. The lowest BCUT2D eigenvalue weighted by atomic mass is 10.2. The Bertz CT molecular complexity index is 1230. The van der Waals surface area contributed by atoms with Gasteiger partial charge in [-0.25, -0.2) is 16.8 Å². The van der Waals surface area contributed by atoms with Crippen LogP contribution in [0.5, 0.6) is 0 Å². The molecule has 2 fully saturated rings. The number of hydrogen-bond donors (Lipinski definition) is 0. The van der Waals surface area contributed by atoms with Gasteiger partial charge < -0.3 is 9.80 Å². The van der Waals surface area contributed by atoms with Gasteiger partial charge in [0.15, 0.2) is 19.7 Å². The van der Waals surface area contributed by atoms with Gasteiger partial charge in [-0.2, -0.15) is 5.10 Å². The fourth-order valence-corrected chi connectivity index (χ4v) is 7.68. The van der Waals surface area contributed by atoms with E-state index in [9.17, 15) is 21.6 Å². The predicted octanol–water partition coefficient (Wildman–Crippen LogP) is 1.37. The average Bonchev–Trinajstić information content (AvgIpc) is 3.30. The Labute approximate surface area is 195 Å². The normalized spacial score (nSPS) is 20.8. The highest BCUT2D eigenvalue weighted by molar-refractivity contribution is 7.91. The van der Waals surface area contributed by atoms with E-state index >= 15 is 0 Å². The summed E-state index contributed by atoms with van der Waals surface area (Å²) < 4.78 is 50.5. The average molecular weight is 495 g/mol. The minimum Gasteiger partial charge on any atom is -0.365 e. The molecule has 180 valence electrons. The van der Waals surface area contributed by atoms with Crippen LogP contribution in [0.2, 0.25) is 0 Å². The zero-order valence-corrected chi connectivity index (χ0v) is 20.6. The molecule has 2 aliphatic heterocycles. The number of carbonyl (C=O) groups is 1. The molecule has 9 nitrogen and oxygen atoms in total. The smallest absolute Gasteiger partial charge is 0.223 e. The second-order valence-corrected chi connectivity index (χ2v) is 13.1. The summed E-state index contributed by atoms with van der Waals surface area (Å²) in [6, 6.07) is 8.07. The number of nitrogens with zero attached hydrogens (tertiary/aromatic N) is 4. The minimum absolute atomic E-state index is 0.0383. The summed E-state index contributed by atoms with van der Waals surface area (Å²) in [6.07, 6.45) is 0.543. The van der Waals surface area contributed by atoms with Crippen molar-refractivity contribution in [1.29, 1.82) is 0 Å². The molecule has 0 saturated carbocycles. The van der Waals surface area contributed by atoms with Gasteiger partial charge in [0, 0.05) is 32.6 Å². The van der Waals surface area contributed by atoms with E-state index in [2.05, 4.69) is 10.00 Å². The molecule has 1 atom stereocenters. The summed E-state index contributed by atoms with van der Waals surface area (Å²) >= 11 is 0. The summed E-state index contributed by atoms with van der Waals surface area (Å²) in [5.41, 5.74) is 2.80. The number of hydrogen-bond acceptors (Lipinski definition) is 7. The first kappa shape index (κ1) is 23.7. The maximum absolute atomic E-state index is 12.7. The van der Waals surface area contributed by atoms with Crippen molar-refractivity contribution in [3.63, 3.8) is 0 Å². The van der Waals surface area contributed by atoms with Crippen LogP contribution in [0.3, 0.4) is 0 Å². The van der Waals surface area contributed by atoms with E-state index in [0.717, 1.165) is 17.1 Å². The zero-order valence-electron chi connectivity index (χ0n) is 19.0. The van der Waals surface area contributed by atoms with Gasteiger partial charge in [-0.3, -0.25) is 9.48 Å². The summed E-state index contributed by atoms with van der Waals surface area (Å²) in [6.45, 7) is 6.14. The minimum atomic E-state index is -3.48. The maximum Gasteiger partial charge on any atom is 0.223 e. The third kappa shape index (κ3) is 5.08. The highest BCUT2D eigenvalue weighted by atomic mass is 32.2. The summed E-state index contributed by atoms with van der Waals surface area (Å²) in [4.78, 5) is 16.8. The second-order valence-electron chi connectivity index (χ2n) is 8.77. The van der Waals surface area contributed by atoms with Crippen LogP contribution in [0.1, 0.15) is 30.3 Å². The standard InChI is InChI=1S/C22H30N4O5S2/c1-17-22(18(2)26(23-17)19-8-14-32(28,29)16-19)25-12-10-24(11-13-25)21(27)9-15-33(30,31)20-6-4-3-5-7-20/h3-7,19H,8-16H2,1-2H3/t19-/m0/s1. The number of amides is 1. The number of aromatic nitrogens is 2. The molecule has 0 radical (unpaired) electrons. The molecule has 2 saturated heterocycles. The van der Waals surface area contributed by atoms with Gasteiger partial charge in [-0.05, 0) is 32.4 Å². The fourth-order valence-electron chi connectivity index (χ4n) is 4.74. The molecule has 1 aromatic carbocycles. The van der Waals surface area contributed by atoms with Gasteiger partial charge in [0.25, 0.3) is 0 Å². The molecule has 33 heavy (non-hydrogen) atoms. The lowest BCUT2D eigenvalue weighted by Crippen LogP contribution is -2.49. The van der Waals surface area contributed by atoms with Crippen molar-refractivity contribution in [2.24, 2.45) is 0 Å². The number of sulfone groups is 2. The fraction of sp³-hybridized carbons (Fsp3) is 0.545. The molecule has 2 aromatic rings. The quantitative estimate of drug-likeness (QED) is 0.597. The van der Waals surface area contributed by atoms with Crippen LogP contribution < -0.4 is 4.90 Å². The van der Waals surface area contributed by atoms with Crippen LogP contribution in [0.25, 0.3) is 0 Å². The van der Waals surface area contributed by atoms with E-state index in [1.807, 2.05) is 18.5 Å². The number of rotatable bonds is 6. The number of benzene rings is 1. The molecule has 0 bridgehead atoms. The molecule has 11 heteroatoms. The Morgan fingerprint density at radius 2 is 1.76 bits per heavy atom. The molecule has 2 aliphatic rings. The summed E-state index contributed by atoms with van der Waals surface area (Å²) in [7, 11) is -6.49. The number of carbonyl (C=O) groups excluding carboxylic acids is 1. The number of anilines is 1. The number of piperazine rings is 1. The molecule has 4 rings (SSSR count). The van der Waals surface area contributed by atoms with Crippen molar-refractivity contribution >= 4 is 31.3 Å². The van der Waals surface area contributed by atoms with Crippen LogP contribution in [-0.4, -0.2) is 80.9 Å². The second kappa shape index (κ2) is 9.09. The Kier molecular flexibility index (Phi) is 6.54. The lowest BCUT2D eigenvalue weighted by molar-refractivity contribution is -0.131. The Hall–Kier alpha value is -2.40. The van der Waals surface area contributed by atoms with Gasteiger partial charge in [-0.15, -0.1) is 0 Å². The SMILES string of the molecule is Cc1nn([C@H]2CCS(=O)(=O)C2)c(C)c1N1CCN(C(=O)CCS(=O)(=O)c2ccccc2)CC1. The van der Waals surface area contributed by atoms with Gasteiger partial charge >= 0.3 is 0 Å². The Balaban J connectivity index is 1.36. The van der Waals surface area contributed by atoms with Crippen LogP contribution in [0.4, 0.5) is 5.69 Å². The van der Waals surface area contributed by atoms with Gasteiger partial charge in [0.2, 0.25) is 5.91 Å². The van der Waals surface area contributed by atoms with E-state index < -0.39 is 19.7 Å². The highest BCUT2D eigenvalue weighted by Crippen LogP contribution is 2.31. The predicted molar refractivity (Wildman–Crippen MR) is 126 cm³/mol. The zero-order chi connectivity index (χ0) is 23.8. The molecule has 0 aliphatic carbocycles. The molecule has 1 amide bonds. The van der Waals surface area contributed by atoms with Crippen LogP contribution in [-0.2, 0) is 24.5 Å². The van der Waals surface area contributed by atoms with Crippen molar-refractivity contribution in [3.05, 3.63) is 41.7 Å². The van der Waals surface area contributed by atoms with E-state index in [-0.39, 0.29) is 40.5 Å². The van der Waals surface area contributed by atoms with E-state index in [4.69, 9.17) is 0 Å². The van der Waals surface area contributed by atoms with Crippen molar-refractivity contribution < 1.29 is 21.6 Å². The van der Waals surface area contributed by atoms with Crippen LogP contribution in [0, 0.1) is 13.8 Å². The van der Waals surface area contributed by atoms with Crippen molar-refractivity contribution in [2.45, 2.75) is 37.6 Å². The van der Waals surface area contributed by atoms with E-state index in [1.54, 1.807) is 35.2 Å². The summed E-state index contributed by atoms with van der Waals surface area (Å²) in [5.74, 6) is -0.0329. The first-order valence-corrected chi connectivity index (χ1v) is 14.6. The molecule has 0 N–H and O–H groups in total. The number of aryl methyl sites for hydroxylation is 1. The van der Waals surface area contributed by atoms with Crippen LogP contribution >= 0.6 is 0 Å². The maximum atomic E-state index is 12.7. The molecule has 0 unspecified atom stereocenters. The van der Waals surface area contributed by atoms with Crippen molar-refractivity contribution in [2.75, 3.05) is 48.3 Å². The molecule has 1 aromatic heterocycles. The Morgan fingerprint density at radius 3 is 2.36 bits per heavy atom. The first-order chi connectivity index (χ1) is 15.6. The monoisotopic (exact) mass is 494 g/mol. The molecule has 3 heterocycles. The highest BCUT2D eigenvalue weighted by Gasteiger charge is 2.33. The summed E-state index contributed by atoms with van der Waals surface area (Å²) in [5, 5.41) is 4.64. The topological polar surface area (TPSA) is 110 Å². The largest absolute Gasteiger partial charge is 0.365 e. The third-order valence-electron chi connectivity index (χ3n) is 6.48. The first-order valence-electron chi connectivity index (χ1n) is 11.1. The Morgan fingerprint density at radius 1 is 1.09 bits per heavy atom. The third-order valence-corrected chi connectivity index (χ3v) is 9.96. The van der Waals surface area contributed by atoms with Crippen LogP contribution in [0.15, 0.2) is 35.2 Å². The van der Waals surface area contributed by atoms with Gasteiger partial charge in [0.1, 0.15) is 0 Å². The van der Waals surface area contributed by atoms with E-state index in [1.165, 1.54) is 0 Å². The van der Waals surface area contributed by atoms with E-state index in [0.29, 0.717) is 32.6 Å². The van der Waals surface area contributed by atoms with Gasteiger partial charge in [0.05, 0.1) is 45.3 Å². The molecule has 0 spiro atoms. The molecular weight excluding hydrogens is 464 g/mol. The van der Waals surface area contributed by atoms with Crippen molar-refractivity contribution in [3.8, 4) is 0 Å². The molecular formula is C22H30N4O5S2.